The smallest absolute Gasteiger partial charge is 0.119 e. The molecule has 1 rings (SSSR count). The van der Waals surface area contributed by atoms with Crippen LogP contribution in [-0.4, -0.2) is 12.4 Å². The summed E-state index contributed by atoms with van der Waals surface area (Å²) >= 11 is 4.14. The van der Waals surface area contributed by atoms with E-state index >= 15 is 0 Å². The van der Waals surface area contributed by atoms with Crippen molar-refractivity contribution in [2.24, 2.45) is 0 Å². The summed E-state index contributed by atoms with van der Waals surface area (Å²) in [7, 11) is 0. The molecule has 0 radical (unpaired) electrons. The Bertz CT molecular complexity index is 268. The second-order valence-electron chi connectivity index (χ2n) is 3.80. The van der Waals surface area contributed by atoms with Crippen molar-refractivity contribution in [1.82, 2.24) is 0 Å². The second kappa shape index (κ2) is 6.78. The molecule has 0 aliphatic heterocycles. The highest BCUT2D eigenvalue weighted by atomic mass is 32.1. The average molecular weight is 224 g/mol. The first-order valence-electron chi connectivity index (χ1n) is 5.61. The Labute approximate surface area is 98.3 Å². The molecule has 84 valence electrons. The fraction of sp³-hybridized carbons (Fsp3) is 0.538. The van der Waals surface area contributed by atoms with E-state index in [0.29, 0.717) is 5.92 Å². The van der Waals surface area contributed by atoms with Crippen molar-refractivity contribution in [3.05, 3.63) is 29.8 Å². The number of ether oxygens (including phenoxy) is 1. The van der Waals surface area contributed by atoms with Crippen LogP contribution in [0.25, 0.3) is 0 Å². The third kappa shape index (κ3) is 4.17. The first-order valence-corrected chi connectivity index (χ1v) is 6.24. The Morgan fingerprint density at radius 3 is 2.47 bits per heavy atom. The van der Waals surface area contributed by atoms with E-state index in [9.17, 15) is 0 Å². The van der Waals surface area contributed by atoms with Gasteiger partial charge in [-0.15, -0.1) is 0 Å². The van der Waals surface area contributed by atoms with Crippen molar-refractivity contribution in [3.63, 3.8) is 0 Å². The van der Waals surface area contributed by atoms with Crippen LogP contribution in [0.2, 0.25) is 0 Å². The molecule has 0 aromatic heterocycles. The lowest BCUT2D eigenvalue weighted by atomic mass is 9.99. The van der Waals surface area contributed by atoms with Crippen LogP contribution in [0.1, 0.15) is 38.2 Å². The summed E-state index contributed by atoms with van der Waals surface area (Å²) in [6.07, 6.45) is 2.18. The molecule has 1 atom stereocenters. The highest BCUT2D eigenvalue weighted by Crippen LogP contribution is 2.21. The quantitative estimate of drug-likeness (QED) is 0.569. The summed E-state index contributed by atoms with van der Waals surface area (Å²) < 4.78 is 5.57. The molecule has 0 heterocycles. The highest BCUT2D eigenvalue weighted by molar-refractivity contribution is 7.80. The van der Waals surface area contributed by atoms with Gasteiger partial charge in [0, 0.05) is 0 Å². The van der Waals surface area contributed by atoms with Crippen LogP contribution in [0.3, 0.4) is 0 Å². The molecule has 0 aliphatic rings. The summed E-state index contributed by atoms with van der Waals surface area (Å²) in [6.45, 7) is 5.21. The molecule has 0 aliphatic carbocycles. The van der Waals surface area contributed by atoms with Gasteiger partial charge in [-0.2, -0.15) is 12.6 Å². The minimum absolute atomic E-state index is 0.636. The lowest BCUT2D eigenvalue weighted by Crippen LogP contribution is -1.98. The van der Waals surface area contributed by atoms with Gasteiger partial charge in [-0.05, 0) is 42.2 Å². The summed E-state index contributed by atoms with van der Waals surface area (Å²) in [5.41, 5.74) is 1.39. The van der Waals surface area contributed by atoms with E-state index in [-0.39, 0.29) is 0 Å². The SMILES string of the molecule is CCC(C)c1ccc(OCCCS)cc1. The molecule has 0 amide bonds. The molecule has 15 heavy (non-hydrogen) atoms. The number of hydrogen-bond acceptors (Lipinski definition) is 2. The maximum atomic E-state index is 5.57. The molecule has 1 unspecified atom stereocenters. The Kier molecular flexibility index (Phi) is 5.62. The van der Waals surface area contributed by atoms with Gasteiger partial charge in [-0.1, -0.05) is 26.0 Å². The average Bonchev–Trinajstić information content (AvgIpc) is 2.29. The normalized spacial score (nSPS) is 12.5. The summed E-state index contributed by atoms with van der Waals surface area (Å²) in [5.74, 6) is 2.48. The molecular formula is C13H20OS. The van der Waals surface area contributed by atoms with Crippen LogP contribution in [0.4, 0.5) is 0 Å². The topological polar surface area (TPSA) is 9.23 Å². The first kappa shape index (κ1) is 12.4. The minimum atomic E-state index is 0.636. The van der Waals surface area contributed by atoms with Crippen LogP contribution >= 0.6 is 12.6 Å². The molecule has 0 fully saturated rings. The maximum absolute atomic E-state index is 5.57. The van der Waals surface area contributed by atoms with Crippen molar-refractivity contribution in [3.8, 4) is 5.75 Å². The van der Waals surface area contributed by atoms with Crippen molar-refractivity contribution in [1.29, 1.82) is 0 Å². The van der Waals surface area contributed by atoms with Gasteiger partial charge in [0.2, 0.25) is 0 Å². The zero-order chi connectivity index (χ0) is 11.1. The van der Waals surface area contributed by atoms with E-state index in [4.69, 9.17) is 4.74 Å². The molecule has 0 N–H and O–H groups in total. The third-order valence-corrected chi connectivity index (χ3v) is 2.95. The Hall–Kier alpha value is -0.630. The fourth-order valence-corrected chi connectivity index (χ4v) is 1.51. The van der Waals surface area contributed by atoms with Crippen LogP contribution < -0.4 is 4.74 Å². The van der Waals surface area contributed by atoms with E-state index in [1.807, 2.05) is 0 Å². The van der Waals surface area contributed by atoms with Gasteiger partial charge < -0.3 is 4.74 Å². The lowest BCUT2D eigenvalue weighted by molar-refractivity contribution is 0.318. The maximum Gasteiger partial charge on any atom is 0.119 e. The lowest BCUT2D eigenvalue weighted by Gasteiger charge is -2.10. The Balaban J connectivity index is 2.49. The summed E-state index contributed by atoms with van der Waals surface area (Å²) in [4.78, 5) is 0. The molecule has 1 nitrogen and oxygen atoms in total. The minimum Gasteiger partial charge on any atom is -0.494 e. The fourth-order valence-electron chi connectivity index (χ4n) is 1.38. The van der Waals surface area contributed by atoms with Gasteiger partial charge in [0.25, 0.3) is 0 Å². The third-order valence-electron chi connectivity index (χ3n) is 2.63. The van der Waals surface area contributed by atoms with Crippen LogP contribution in [-0.2, 0) is 0 Å². The van der Waals surface area contributed by atoms with Crippen molar-refractivity contribution in [2.45, 2.75) is 32.6 Å². The van der Waals surface area contributed by atoms with Crippen LogP contribution in [0, 0.1) is 0 Å². The number of rotatable bonds is 6. The van der Waals surface area contributed by atoms with Gasteiger partial charge in [-0.25, -0.2) is 0 Å². The Morgan fingerprint density at radius 1 is 1.27 bits per heavy atom. The van der Waals surface area contributed by atoms with E-state index in [1.165, 1.54) is 12.0 Å². The molecule has 0 saturated carbocycles. The standard InChI is InChI=1S/C13H20OS/c1-3-11(2)12-5-7-13(8-6-12)14-9-4-10-15/h5-8,11,15H,3-4,9-10H2,1-2H3. The van der Waals surface area contributed by atoms with Crippen molar-refractivity contribution >= 4 is 12.6 Å². The molecule has 2 heteroatoms. The summed E-state index contributed by atoms with van der Waals surface area (Å²) in [5, 5.41) is 0. The van der Waals surface area contributed by atoms with Crippen LogP contribution in [0.5, 0.6) is 5.75 Å². The van der Waals surface area contributed by atoms with Gasteiger partial charge in [0.1, 0.15) is 5.75 Å². The van der Waals surface area contributed by atoms with Crippen molar-refractivity contribution < 1.29 is 4.74 Å². The number of benzene rings is 1. The van der Waals surface area contributed by atoms with Crippen LogP contribution in [0.15, 0.2) is 24.3 Å². The molecule has 0 saturated heterocycles. The molecule has 0 spiro atoms. The number of hydrogen-bond donors (Lipinski definition) is 1. The van der Waals surface area contributed by atoms with Gasteiger partial charge >= 0.3 is 0 Å². The molecule has 1 aromatic rings. The van der Waals surface area contributed by atoms with Gasteiger partial charge in [0.15, 0.2) is 0 Å². The zero-order valence-corrected chi connectivity index (χ0v) is 10.5. The second-order valence-corrected chi connectivity index (χ2v) is 4.25. The largest absolute Gasteiger partial charge is 0.494 e. The highest BCUT2D eigenvalue weighted by Gasteiger charge is 2.02. The molecule has 0 bridgehead atoms. The zero-order valence-electron chi connectivity index (χ0n) is 9.57. The van der Waals surface area contributed by atoms with E-state index in [1.54, 1.807) is 0 Å². The van der Waals surface area contributed by atoms with E-state index in [2.05, 4.69) is 50.7 Å². The van der Waals surface area contributed by atoms with Crippen molar-refractivity contribution in [2.75, 3.05) is 12.4 Å². The predicted octanol–water partition coefficient (Wildman–Crippen LogP) is 3.90. The Morgan fingerprint density at radius 2 is 1.93 bits per heavy atom. The van der Waals surface area contributed by atoms with E-state index < -0.39 is 0 Å². The number of thiol groups is 1. The van der Waals surface area contributed by atoms with Gasteiger partial charge in [-0.3, -0.25) is 0 Å². The monoisotopic (exact) mass is 224 g/mol. The predicted molar refractivity (Wildman–Crippen MR) is 69.1 cm³/mol. The van der Waals surface area contributed by atoms with E-state index in [0.717, 1.165) is 24.5 Å². The first-order chi connectivity index (χ1) is 7.27. The summed E-state index contributed by atoms with van der Waals surface area (Å²) in [6, 6.07) is 8.43. The molecule has 1 aromatic carbocycles. The van der Waals surface area contributed by atoms with Gasteiger partial charge in [0.05, 0.1) is 6.61 Å². The molecular weight excluding hydrogens is 204 g/mol.